The molecule has 0 radical (unpaired) electrons. The highest BCUT2D eigenvalue weighted by molar-refractivity contribution is 6.04. The minimum Gasteiger partial charge on any atom is -0.306 e. The van der Waals surface area contributed by atoms with E-state index in [0.29, 0.717) is 11.4 Å². The molecule has 132 valence electrons. The van der Waals surface area contributed by atoms with Gasteiger partial charge in [-0.15, -0.1) is 0 Å². The molecule has 0 saturated carbocycles. The highest BCUT2D eigenvalue weighted by atomic mass is 16.1. The van der Waals surface area contributed by atoms with Crippen molar-refractivity contribution in [3.63, 3.8) is 0 Å². The Balaban J connectivity index is 1.76. The van der Waals surface area contributed by atoms with Crippen LogP contribution in [-0.4, -0.2) is 15.7 Å². The molecule has 4 nitrogen and oxygen atoms in total. The van der Waals surface area contributed by atoms with Crippen LogP contribution >= 0.6 is 0 Å². The predicted molar refractivity (Wildman–Crippen MR) is 108 cm³/mol. The highest BCUT2D eigenvalue weighted by Gasteiger charge is 2.14. The zero-order valence-corrected chi connectivity index (χ0v) is 15.0. The quantitative estimate of drug-likeness (QED) is 0.555. The van der Waals surface area contributed by atoms with E-state index in [1.165, 1.54) is 0 Å². The average Bonchev–Trinajstić information content (AvgIpc) is 3.13. The van der Waals surface area contributed by atoms with Gasteiger partial charge in [0.2, 0.25) is 0 Å². The molecular formula is C23H19N3O. The summed E-state index contributed by atoms with van der Waals surface area (Å²) in [5, 5.41) is 7.73. The Morgan fingerprint density at radius 2 is 1.56 bits per heavy atom. The predicted octanol–water partition coefficient (Wildman–Crippen LogP) is 5.10. The number of nitrogens with zero attached hydrogens (tertiary/aromatic N) is 2. The Bertz CT molecular complexity index is 1070. The Morgan fingerprint density at radius 1 is 0.852 bits per heavy atom. The minimum absolute atomic E-state index is 0.163. The molecule has 0 unspecified atom stereocenters. The molecule has 4 aromatic rings. The molecule has 0 aliphatic carbocycles. The van der Waals surface area contributed by atoms with Gasteiger partial charge < -0.3 is 5.32 Å². The van der Waals surface area contributed by atoms with Gasteiger partial charge in [0.25, 0.3) is 5.91 Å². The fourth-order valence-electron chi connectivity index (χ4n) is 2.96. The van der Waals surface area contributed by atoms with Gasteiger partial charge in [-0.3, -0.25) is 4.79 Å². The van der Waals surface area contributed by atoms with Crippen molar-refractivity contribution in [1.82, 2.24) is 9.78 Å². The summed E-state index contributed by atoms with van der Waals surface area (Å²) in [6.45, 7) is 2.05. The van der Waals surface area contributed by atoms with E-state index in [2.05, 4.69) is 24.4 Å². The van der Waals surface area contributed by atoms with Crippen LogP contribution in [0, 0.1) is 6.92 Å². The molecule has 1 aromatic heterocycles. The van der Waals surface area contributed by atoms with Gasteiger partial charge in [-0.05, 0) is 37.3 Å². The Morgan fingerprint density at radius 3 is 2.26 bits per heavy atom. The molecular weight excluding hydrogens is 334 g/mol. The summed E-state index contributed by atoms with van der Waals surface area (Å²) >= 11 is 0. The standard InChI is InChI=1S/C23H19N3O/c1-17-9-8-12-19(15-17)21-16-22(24-23(27)18-10-4-2-5-11-18)26(25-21)20-13-6-3-7-14-20/h2-16H,1H3,(H,24,27). The van der Waals surface area contributed by atoms with Crippen molar-refractivity contribution in [3.05, 3.63) is 102 Å². The van der Waals surface area contributed by atoms with Crippen molar-refractivity contribution in [3.8, 4) is 16.9 Å². The summed E-state index contributed by atoms with van der Waals surface area (Å²) in [6.07, 6.45) is 0. The van der Waals surface area contributed by atoms with E-state index in [1.54, 1.807) is 16.8 Å². The molecule has 1 amide bonds. The van der Waals surface area contributed by atoms with Crippen molar-refractivity contribution in [2.24, 2.45) is 0 Å². The van der Waals surface area contributed by atoms with Gasteiger partial charge in [0, 0.05) is 17.2 Å². The lowest BCUT2D eigenvalue weighted by Gasteiger charge is -2.08. The maximum Gasteiger partial charge on any atom is 0.256 e. The molecule has 0 fully saturated rings. The van der Waals surface area contributed by atoms with Crippen molar-refractivity contribution in [2.75, 3.05) is 5.32 Å². The third kappa shape index (κ3) is 3.65. The summed E-state index contributed by atoms with van der Waals surface area (Å²) in [7, 11) is 0. The number of rotatable bonds is 4. The summed E-state index contributed by atoms with van der Waals surface area (Å²) in [5.74, 6) is 0.468. The Hall–Kier alpha value is -3.66. The first kappa shape index (κ1) is 16.8. The maximum atomic E-state index is 12.6. The number of amides is 1. The van der Waals surface area contributed by atoms with Crippen molar-refractivity contribution >= 4 is 11.7 Å². The molecule has 4 rings (SSSR count). The number of hydrogen-bond donors (Lipinski definition) is 1. The summed E-state index contributed by atoms with van der Waals surface area (Å²) < 4.78 is 1.76. The van der Waals surface area contributed by atoms with Crippen LogP contribution in [-0.2, 0) is 0 Å². The topological polar surface area (TPSA) is 46.9 Å². The van der Waals surface area contributed by atoms with Gasteiger partial charge >= 0.3 is 0 Å². The van der Waals surface area contributed by atoms with Crippen LogP contribution < -0.4 is 5.32 Å². The number of nitrogens with one attached hydrogen (secondary N) is 1. The molecule has 0 aliphatic rings. The second-order valence-electron chi connectivity index (χ2n) is 6.35. The monoisotopic (exact) mass is 353 g/mol. The van der Waals surface area contributed by atoms with Crippen molar-refractivity contribution in [2.45, 2.75) is 6.92 Å². The molecule has 4 heteroatoms. The third-order valence-electron chi connectivity index (χ3n) is 4.30. The maximum absolute atomic E-state index is 12.6. The lowest BCUT2D eigenvalue weighted by atomic mass is 10.1. The second kappa shape index (κ2) is 7.30. The van der Waals surface area contributed by atoms with E-state index in [9.17, 15) is 4.79 Å². The van der Waals surface area contributed by atoms with E-state index < -0.39 is 0 Å². The van der Waals surface area contributed by atoms with E-state index in [1.807, 2.05) is 66.7 Å². The minimum atomic E-state index is -0.163. The van der Waals surface area contributed by atoms with Crippen LogP contribution in [0.25, 0.3) is 16.9 Å². The Kier molecular flexibility index (Phi) is 4.54. The number of para-hydroxylation sites is 1. The number of carbonyl (C=O) groups excluding carboxylic acids is 1. The van der Waals surface area contributed by atoms with Gasteiger partial charge in [0.15, 0.2) is 0 Å². The zero-order valence-electron chi connectivity index (χ0n) is 15.0. The van der Waals surface area contributed by atoms with Crippen LogP contribution in [0.15, 0.2) is 91.0 Å². The summed E-state index contributed by atoms with van der Waals surface area (Å²) in [4.78, 5) is 12.6. The van der Waals surface area contributed by atoms with Crippen LogP contribution in [0.3, 0.4) is 0 Å². The number of hydrogen-bond acceptors (Lipinski definition) is 2. The van der Waals surface area contributed by atoms with Crippen LogP contribution in [0.2, 0.25) is 0 Å². The largest absolute Gasteiger partial charge is 0.306 e. The number of aryl methyl sites for hydroxylation is 1. The Labute approximate surface area is 158 Å². The van der Waals surface area contributed by atoms with Crippen molar-refractivity contribution < 1.29 is 4.79 Å². The van der Waals surface area contributed by atoms with Gasteiger partial charge in [-0.1, -0.05) is 60.2 Å². The molecule has 3 aromatic carbocycles. The smallest absolute Gasteiger partial charge is 0.256 e. The first-order valence-corrected chi connectivity index (χ1v) is 8.80. The molecule has 1 heterocycles. The van der Waals surface area contributed by atoms with E-state index >= 15 is 0 Å². The lowest BCUT2D eigenvalue weighted by Crippen LogP contribution is -2.14. The molecule has 0 saturated heterocycles. The zero-order chi connectivity index (χ0) is 18.6. The highest BCUT2D eigenvalue weighted by Crippen LogP contribution is 2.25. The van der Waals surface area contributed by atoms with E-state index in [0.717, 1.165) is 22.5 Å². The number of anilines is 1. The normalized spacial score (nSPS) is 10.6. The average molecular weight is 353 g/mol. The first-order valence-electron chi connectivity index (χ1n) is 8.80. The fraction of sp³-hybridized carbons (Fsp3) is 0.0435. The summed E-state index contributed by atoms with van der Waals surface area (Å²) in [6, 6.07) is 29.0. The summed E-state index contributed by atoms with van der Waals surface area (Å²) in [5.41, 5.74) is 4.48. The molecule has 27 heavy (non-hydrogen) atoms. The second-order valence-corrected chi connectivity index (χ2v) is 6.35. The van der Waals surface area contributed by atoms with E-state index in [-0.39, 0.29) is 5.91 Å². The number of benzene rings is 3. The molecule has 0 bridgehead atoms. The van der Waals surface area contributed by atoms with Gasteiger partial charge in [-0.25, -0.2) is 4.68 Å². The molecule has 0 aliphatic heterocycles. The molecule has 1 N–H and O–H groups in total. The van der Waals surface area contributed by atoms with Crippen LogP contribution in [0.5, 0.6) is 0 Å². The third-order valence-corrected chi connectivity index (χ3v) is 4.30. The van der Waals surface area contributed by atoms with Crippen molar-refractivity contribution in [1.29, 1.82) is 0 Å². The first-order chi connectivity index (χ1) is 13.2. The van der Waals surface area contributed by atoms with Crippen LogP contribution in [0.4, 0.5) is 5.82 Å². The number of aromatic nitrogens is 2. The van der Waals surface area contributed by atoms with Crippen LogP contribution in [0.1, 0.15) is 15.9 Å². The fourth-order valence-corrected chi connectivity index (χ4v) is 2.96. The molecule has 0 spiro atoms. The van der Waals surface area contributed by atoms with Gasteiger partial charge in [-0.2, -0.15) is 5.10 Å². The van der Waals surface area contributed by atoms with E-state index in [4.69, 9.17) is 5.10 Å². The number of carbonyl (C=O) groups is 1. The SMILES string of the molecule is Cc1cccc(-c2cc(NC(=O)c3ccccc3)n(-c3ccccc3)n2)c1. The van der Waals surface area contributed by atoms with Gasteiger partial charge in [0.05, 0.1) is 11.4 Å². The molecule has 0 atom stereocenters. The lowest BCUT2D eigenvalue weighted by molar-refractivity contribution is 0.102. The van der Waals surface area contributed by atoms with Gasteiger partial charge in [0.1, 0.15) is 5.82 Å².